The Hall–Kier alpha value is -1.61. The van der Waals surface area contributed by atoms with Crippen LogP contribution in [-0.4, -0.2) is 9.97 Å². The Labute approximate surface area is 86.6 Å². The lowest BCUT2D eigenvalue weighted by Gasteiger charge is -2.01. The van der Waals surface area contributed by atoms with Gasteiger partial charge in [0, 0.05) is 6.20 Å². The van der Waals surface area contributed by atoms with E-state index in [4.69, 9.17) is 17.3 Å². The highest BCUT2D eigenvalue weighted by Crippen LogP contribution is 2.20. The number of anilines is 1. The van der Waals surface area contributed by atoms with Gasteiger partial charge in [0.05, 0.1) is 17.1 Å². The molecule has 0 aliphatic carbocycles. The van der Waals surface area contributed by atoms with Gasteiger partial charge in [-0.3, -0.25) is 4.98 Å². The van der Waals surface area contributed by atoms with E-state index in [2.05, 4.69) is 9.97 Å². The molecule has 3 nitrogen and oxygen atoms in total. The molecule has 4 heteroatoms. The van der Waals surface area contributed by atoms with Crippen LogP contribution in [0.25, 0.3) is 11.4 Å². The van der Waals surface area contributed by atoms with Crippen molar-refractivity contribution in [1.29, 1.82) is 0 Å². The first-order valence-corrected chi connectivity index (χ1v) is 4.48. The molecule has 2 heterocycles. The average Bonchev–Trinajstić information content (AvgIpc) is 2.23. The van der Waals surface area contributed by atoms with Gasteiger partial charge in [-0.25, -0.2) is 4.98 Å². The van der Waals surface area contributed by atoms with Crippen LogP contribution in [-0.2, 0) is 0 Å². The molecular formula is C10H8ClN3. The van der Waals surface area contributed by atoms with Gasteiger partial charge < -0.3 is 5.73 Å². The summed E-state index contributed by atoms with van der Waals surface area (Å²) < 4.78 is 0. The lowest BCUT2D eigenvalue weighted by atomic mass is 10.2. The minimum atomic E-state index is 0.313. The van der Waals surface area contributed by atoms with E-state index in [1.165, 1.54) is 0 Å². The minimum absolute atomic E-state index is 0.313. The predicted molar refractivity (Wildman–Crippen MR) is 56.9 cm³/mol. The molecule has 0 aromatic carbocycles. The van der Waals surface area contributed by atoms with Crippen molar-refractivity contribution in [2.24, 2.45) is 0 Å². The molecule has 0 radical (unpaired) electrons. The van der Waals surface area contributed by atoms with E-state index in [1.54, 1.807) is 18.3 Å². The number of pyridine rings is 2. The van der Waals surface area contributed by atoms with Gasteiger partial charge in [0.15, 0.2) is 5.15 Å². The van der Waals surface area contributed by atoms with Gasteiger partial charge in [-0.05, 0) is 24.3 Å². The molecule has 0 bridgehead atoms. The Kier molecular flexibility index (Phi) is 2.33. The van der Waals surface area contributed by atoms with Crippen LogP contribution in [0.3, 0.4) is 0 Å². The molecule has 14 heavy (non-hydrogen) atoms. The summed E-state index contributed by atoms with van der Waals surface area (Å²) in [4.78, 5) is 8.28. The van der Waals surface area contributed by atoms with E-state index in [0.29, 0.717) is 10.8 Å². The second-order valence-electron chi connectivity index (χ2n) is 2.79. The Morgan fingerprint density at radius 3 is 2.57 bits per heavy atom. The maximum Gasteiger partial charge on any atom is 0.152 e. The number of nitrogens with zero attached hydrogens (tertiary/aromatic N) is 2. The summed E-state index contributed by atoms with van der Waals surface area (Å²) in [6.45, 7) is 0. The number of hydrogen-bond donors (Lipinski definition) is 1. The summed E-state index contributed by atoms with van der Waals surface area (Å²) >= 11 is 5.80. The Bertz CT molecular complexity index is 442. The van der Waals surface area contributed by atoms with Crippen molar-refractivity contribution in [1.82, 2.24) is 9.97 Å². The smallest absolute Gasteiger partial charge is 0.152 e. The monoisotopic (exact) mass is 205 g/mol. The topological polar surface area (TPSA) is 51.8 Å². The van der Waals surface area contributed by atoms with Gasteiger partial charge in [0.2, 0.25) is 0 Å². The van der Waals surface area contributed by atoms with Gasteiger partial charge in [-0.2, -0.15) is 0 Å². The zero-order valence-electron chi connectivity index (χ0n) is 7.31. The zero-order chi connectivity index (χ0) is 9.97. The summed E-state index contributed by atoms with van der Waals surface area (Å²) in [5.74, 6) is 0. The third-order valence-corrected chi connectivity index (χ3v) is 2.11. The standard InChI is InChI=1S/C10H8ClN3/c11-10-7(12)4-5-9(14-10)8-3-1-2-6-13-8/h1-6H,12H2. The molecule has 0 amide bonds. The van der Waals surface area contributed by atoms with E-state index in [1.807, 2.05) is 18.2 Å². The molecule has 70 valence electrons. The highest BCUT2D eigenvalue weighted by molar-refractivity contribution is 6.31. The average molecular weight is 206 g/mol. The van der Waals surface area contributed by atoms with Crippen LogP contribution in [0.4, 0.5) is 5.69 Å². The fourth-order valence-electron chi connectivity index (χ4n) is 1.10. The van der Waals surface area contributed by atoms with Crippen LogP contribution >= 0.6 is 11.6 Å². The molecule has 2 aromatic rings. The SMILES string of the molecule is Nc1ccc(-c2ccccn2)nc1Cl. The van der Waals surface area contributed by atoms with Gasteiger partial charge in [0.25, 0.3) is 0 Å². The van der Waals surface area contributed by atoms with Crippen LogP contribution < -0.4 is 5.73 Å². The van der Waals surface area contributed by atoms with Crippen molar-refractivity contribution in [3.63, 3.8) is 0 Å². The molecule has 2 aromatic heterocycles. The van der Waals surface area contributed by atoms with Gasteiger partial charge in [0.1, 0.15) is 0 Å². The number of nitrogens with two attached hydrogens (primary N) is 1. The lowest BCUT2D eigenvalue weighted by molar-refractivity contribution is 1.25. The fourth-order valence-corrected chi connectivity index (χ4v) is 1.26. The number of aromatic nitrogens is 2. The van der Waals surface area contributed by atoms with Crippen LogP contribution in [0.1, 0.15) is 0 Å². The van der Waals surface area contributed by atoms with Crippen molar-refractivity contribution in [3.05, 3.63) is 41.7 Å². The number of hydrogen-bond acceptors (Lipinski definition) is 3. The second kappa shape index (κ2) is 3.64. The van der Waals surface area contributed by atoms with E-state index < -0.39 is 0 Å². The van der Waals surface area contributed by atoms with E-state index in [-0.39, 0.29) is 0 Å². The van der Waals surface area contributed by atoms with Gasteiger partial charge in [-0.15, -0.1) is 0 Å². The largest absolute Gasteiger partial charge is 0.396 e. The van der Waals surface area contributed by atoms with Crippen LogP contribution in [0.5, 0.6) is 0 Å². The quantitative estimate of drug-likeness (QED) is 0.728. The highest BCUT2D eigenvalue weighted by Gasteiger charge is 2.02. The van der Waals surface area contributed by atoms with E-state index >= 15 is 0 Å². The lowest BCUT2D eigenvalue weighted by Crippen LogP contribution is -1.92. The van der Waals surface area contributed by atoms with Crippen molar-refractivity contribution in [3.8, 4) is 11.4 Å². The molecule has 2 N–H and O–H groups in total. The Balaban J connectivity index is 2.48. The molecule has 0 saturated carbocycles. The minimum Gasteiger partial charge on any atom is -0.396 e. The molecule has 2 rings (SSSR count). The number of halogens is 1. The third kappa shape index (κ3) is 1.67. The normalized spacial score (nSPS) is 10.1. The maximum atomic E-state index is 5.80. The van der Waals surface area contributed by atoms with E-state index in [0.717, 1.165) is 11.4 Å². The third-order valence-electron chi connectivity index (χ3n) is 1.80. The molecule has 0 fully saturated rings. The number of nitrogen functional groups attached to an aromatic ring is 1. The van der Waals surface area contributed by atoms with Crippen LogP contribution in [0, 0.1) is 0 Å². The zero-order valence-corrected chi connectivity index (χ0v) is 8.07. The number of rotatable bonds is 1. The molecule has 0 aliphatic heterocycles. The summed E-state index contributed by atoms with van der Waals surface area (Å²) in [6.07, 6.45) is 1.71. The first-order valence-electron chi connectivity index (χ1n) is 4.11. The highest BCUT2D eigenvalue weighted by atomic mass is 35.5. The van der Waals surface area contributed by atoms with Gasteiger partial charge >= 0.3 is 0 Å². The Morgan fingerprint density at radius 1 is 1.07 bits per heavy atom. The first kappa shape index (κ1) is 8.97. The summed E-state index contributed by atoms with van der Waals surface area (Å²) in [5.41, 5.74) is 7.54. The van der Waals surface area contributed by atoms with Crippen molar-refractivity contribution < 1.29 is 0 Å². The second-order valence-corrected chi connectivity index (χ2v) is 3.15. The van der Waals surface area contributed by atoms with Crippen molar-refractivity contribution >= 4 is 17.3 Å². The van der Waals surface area contributed by atoms with Crippen molar-refractivity contribution in [2.45, 2.75) is 0 Å². The summed E-state index contributed by atoms with van der Waals surface area (Å²) in [7, 11) is 0. The Morgan fingerprint density at radius 2 is 1.93 bits per heavy atom. The summed E-state index contributed by atoms with van der Waals surface area (Å²) in [5, 5.41) is 0.313. The molecule has 0 atom stereocenters. The van der Waals surface area contributed by atoms with E-state index in [9.17, 15) is 0 Å². The molecule has 0 spiro atoms. The molecular weight excluding hydrogens is 198 g/mol. The van der Waals surface area contributed by atoms with Crippen LogP contribution in [0.2, 0.25) is 5.15 Å². The van der Waals surface area contributed by atoms with Crippen LogP contribution in [0.15, 0.2) is 36.5 Å². The van der Waals surface area contributed by atoms with Crippen molar-refractivity contribution in [2.75, 3.05) is 5.73 Å². The summed E-state index contributed by atoms with van der Waals surface area (Å²) in [6, 6.07) is 9.13. The predicted octanol–water partition coefficient (Wildman–Crippen LogP) is 2.38. The molecule has 0 aliphatic rings. The fraction of sp³-hybridized carbons (Fsp3) is 0. The first-order chi connectivity index (χ1) is 6.77. The maximum absolute atomic E-state index is 5.80. The molecule has 0 unspecified atom stereocenters. The molecule has 0 saturated heterocycles. The van der Waals surface area contributed by atoms with Gasteiger partial charge in [-0.1, -0.05) is 17.7 Å².